The second-order valence-electron chi connectivity index (χ2n) is 9.76. The number of benzene rings is 1. The van der Waals surface area contributed by atoms with Crippen LogP contribution in [0.5, 0.6) is 5.75 Å². The average Bonchev–Trinajstić information content (AvgIpc) is 3.32. The zero-order valence-electron chi connectivity index (χ0n) is 19.6. The van der Waals surface area contributed by atoms with E-state index in [0.29, 0.717) is 31.0 Å². The lowest BCUT2D eigenvalue weighted by molar-refractivity contribution is -0.167. The van der Waals surface area contributed by atoms with Crippen LogP contribution >= 0.6 is 0 Å². The monoisotopic (exact) mass is 506 g/mol. The van der Waals surface area contributed by atoms with E-state index in [0.717, 1.165) is 0 Å². The Kier molecular flexibility index (Phi) is 5.65. The lowest BCUT2D eigenvalue weighted by Gasteiger charge is -2.39. The third-order valence-corrected chi connectivity index (χ3v) is 8.34. The van der Waals surface area contributed by atoms with Crippen LogP contribution < -0.4 is 14.8 Å². The molecule has 2 aromatic rings. The van der Waals surface area contributed by atoms with Gasteiger partial charge in [0.25, 0.3) is 5.91 Å². The molecular formula is C23H27FN4O6S. The second-order valence-corrected chi connectivity index (χ2v) is 11.4. The predicted octanol–water partition coefficient (Wildman–Crippen LogP) is 1.26. The van der Waals surface area contributed by atoms with Gasteiger partial charge in [-0.15, -0.1) is 0 Å². The van der Waals surface area contributed by atoms with Gasteiger partial charge in [0, 0.05) is 44.0 Å². The van der Waals surface area contributed by atoms with E-state index in [9.17, 15) is 22.4 Å². The fourth-order valence-electron chi connectivity index (χ4n) is 4.79. The summed E-state index contributed by atoms with van der Waals surface area (Å²) in [5, 5.41) is 2.68. The van der Waals surface area contributed by atoms with E-state index in [-0.39, 0.29) is 41.3 Å². The van der Waals surface area contributed by atoms with E-state index in [4.69, 9.17) is 9.47 Å². The number of fused-ring (bicyclic) bond motifs is 2. The number of hydrogen-bond donors (Lipinski definition) is 2. The molecule has 10 nitrogen and oxygen atoms in total. The van der Waals surface area contributed by atoms with Gasteiger partial charge in [0.1, 0.15) is 10.7 Å². The average molecular weight is 507 g/mol. The number of halogens is 1. The molecule has 12 heteroatoms. The van der Waals surface area contributed by atoms with Gasteiger partial charge < -0.3 is 24.3 Å². The summed E-state index contributed by atoms with van der Waals surface area (Å²) in [5.74, 6) is -1.40. The smallest absolute Gasteiger partial charge is 0.276 e. The number of aryl methyl sites for hydroxylation is 2. The minimum absolute atomic E-state index is 0.0239. The molecule has 0 aliphatic carbocycles. The molecule has 5 rings (SSSR count). The fraction of sp³-hybridized carbons (Fsp3) is 0.478. The van der Waals surface area contributed by atoms with Crippen LogP contribution in [0.3, 0.4) is 0 Å². The van der Waals surface area contributed by atoms with Gasteiger partial charge in [-0.05, 0) is 37.6 Å². The van der Waals surface area contributed by atoms with E-state index in [2.05, 4.69) is 10.0 Å². The Morgan fingerprint density at radius 2 is 2.00 bits per heavy atom. The lowest BCUT2D eigenvalue weighted by atomic mass is 9.87. The molecule has 2 fully saturated rings. The molecule has 0 saturated carbocycles. The van der Waals surface area contributed by atoms with Crippen molar-refractivity contribution in [3.63, 3.8) is 0 Å². The van der Waals surface area contributed by atoms with E-state index >= 15 is 0 Å². The molecule has 2 atom stereocenters. The first-order valence-electron chi connectivity index (χ1n) is 11.3. The van der Waals surface area contributed by atoms with Gasteiger partial charge in [0.15, 0.2) is 11.4 Å². The van der Waals surface area contributed by atoms with Gasteiger partial charge in [-0.3, -0.25) is 9.59 Å². The van der Waals surface area contributed by atoms with Crippen molar-refractivity contribution in [3.05, 3.63) is 41.5 Å². The van der Waals surface area contributed by atoms with Crippen LogP contribution in [0.2, 0.25) is 0 Å². The molecule has 2 saturated heterocycles. The number of sulfonamides is 1. The van der Waals surface area contributed by atoms with Crippen LogP contribution in [-0.4, -0.2) is 68.7 Å². The van der Waals surface area contributed by atoms with Crippen LogP contribution in [0.4, 0.5) is 10.1 Å². The lowest BCUT2D eigenvalue weighted by Crippen LogP contribution is -2.53. The number of nitrogens with zero attached hydrogens (tertiary/aromatic N) is 2. The van der Waals surface area contributed by atoms with Gasteiger partial charge in [0.05, 0.1) is 25.2 Å². The number of amides is 2. The summed E-state index contributed by atoms with van der Waals surface area (Å²) in [4.78, 5) is 27.6. The van der Waals surface area contributed by atoms with Crippen molar-refractivity contribution in [2.24, 2.45) is 18.4 Å². The van der Waals surface area contributed by atoms with Crippen LogP contribution in [-0.2, 0) is 26.6 Å². The van der Waals surface area contributed by atoms with Crippen LogP contribution in [0, 0.1) is 24.1 Å². The van der Waals surface area contributed by atoms with Crippen LogP contribution in [0.25, 0.3) is 0 Å². The Labute approximate surface area is 202 Å². The largest absolute Gasteiger partial charge is 0.489 e. The second kappa shape index (κ2) is 8.32. The Bertz CT molecular complexity index is 1320. The summed E-state index contributed by atoms with van der Waals surface area (Å²) in [7, 11) is -2.49. The van der Waals surface area contributed by atoms with Crippen molar-refractivity contribution >= 4 is 27.5 Å². The zero-order valence-corrected chi connectivity index (χ0v) is 20.4. The van der Waals surface area contributed by atoms with E-state index in [1.165, 1.54) is 29.0 Å². The molecule has 0 radical (unpaired) electrons. The number of aromatic nitrogens is 1. The maximum Gasteiger partial charge on any atom is 0.276 e. The van der Waals surface area contributed by atoms with Gasteiger partial charge in [-0.2, -0.15) is 0 Å². The highest BCUT2D eigenvalue weighted by atomic mass is 32.2. The number of anilines is 1. The zero-order chi connectivity index (χ0) is 25.1. The number of carbonyl (C=O) groups is 2. The number of carbonyl (C=O) groups excluding carboxylic acids is 2. The topological polar surface area (TPSA) is 119 Å². The summed E-state index contributed by atoms with van der Waals surface area (Å²) in [6.45, 7) is 4.80. The summed E-state index contributed by atoms with van der Waals surface area (Å²) in [6.07, 6.45) is 1.33. The molecule has 35 heavy (non-hydrogen) atoms. The molecular weight excluding hydrogens is 479 g/mol. The van der Waals surface area contributed by atoms with Crippen molar-refractivity contribution < 1.29 is 31.9 Å². The molecule has 0 spiro atoms. The van der Waals surface area contributed by atoms with Crippen molar-refractivity contribution in [1.29, 1.82) is 0 Å². The quantitative estimate of drug-likeness (QED) is 0.647. The minimum atomic E-state index is -4.04. The van der Waals surface area contributed by atoms with E-state index < -0.39 is 33.2 Å². The number of ether oxygens (including phenoxy) is 2. The molecule has 3 aliphatic heterocycles. The van der Waals surface area contributed by atoms with Crippen molar-refractivity contribution in [1.82, 2.24) is 14.2 Å². The molecule has 0 bridgehead atoms. The first-order chi connectivity index (χ1) is 16.5. The van der Waals surface area contributed by atoms with Gasteiger partial charge in [0.2, 0.25) is 15.9 Å². The molecule has 2 amide bonds. The van der Waals surface area contributed by atoms with E-state index in [1.54, 1.807) is 18.9 Å². The van der Waals surface area contributed by atoms with Crippen molar-refractivity contribution in [3.8, 4) is 5.75 Å². The standard InChI is InChI=1S/C23H27FN4O6S/c1-13-6-15(4-5-16(13)24)25-21(29)19-20-18(9-27(19)3)35(31,32)26-17-8-28(7-14(17)10-34-20)22(30)23(2)11-33-12-23/h4-6,9,14,17,26H,7-8,10-12H2,1-3H3,(H,25,29)/t14-,17-/m1/s1. The first kappa shape index (κ1) is 23.8. The Morgan fingerprint density at radius 3 is 2.66 bits per heavy atom. The fourth-order valence-corrected chi connectivity index (χ4v) is 6.28. The summed E-state index contributed by atoms with van der Waals surface area (Å²) in [5.41, 5.74) is 0.167. The Morgan fingerprint density at radius 1 is 1.26 bits per heavy atom. The van der Waals surface area contributed by atoms with Crippen LogP contribution in [0.15, 0.2) is 29.3 Å². The van der Waals surface area contributed by atoms with Gasteiger partial charge in [-0.25, -0.2) is 17.5 Å². The molecule has 1 aromatic heterocycles. The van der Waals surface area contributed by atoms with Crippen LogP contribution in [0.1, 0.15) is 23.0 Å². The summed E-state index contributed by atoms with van der Waals surface area (Å²) >= 11 is 0. The Balaban J connectivity index is 1.41. The number of likely N-dealkylation sites (tertiary alicyclic amines) is 1. The van der Waals surface area contributed by atoms with Gasteiger partial charge in [-0.1, -0.05) is 0 Å². The molecule has 1 aromatic carbocycles. The maximum atomic E-state index is 13.6. The minimum Gasteiger partial charge on any atom is -0.489 e. The SMILES string of the molecule is Cc1cc(NC(=O)c2c3c(cn2C)S(=O)(=O)N[C@@H]2CN(C(=O)C4(C)COC4)C[C@@H]2CO3)ccc1F. The highest BCUT2D eigenvalue weighted by Crippen LogP contribution is 2.36. The third-order valence-electron chi connectivity index (χ3n) is 6.86. The molecule has 0 unspecified atom stereocenters. The van der Waals surface area contributed by atoms with Crippen molar-refractivity contribution in [2.45, 2.75) is 24.8 Å². The highest BCUT2D eigenvalue weighted by Gasteiger charge is 2.48. The predicted molar refractivity (Wildman–Crippen MR) is 123 cm³/mol. The third kappa shape index (κ3) is 4.09. The first-order valence-corrected chi connectivity index (χ1v) is 12.8. The maximum absolute atomic E-state index is 13.6. The van der Waals surface area contributed by atoms with Crippen molar-refractivity contribution in [2.75, 3.05) is 38.2 Å². The molecule has 188 valence electrons. The van der Waals surface area contributed by atoms with Gasteiger partial charge >= 0.3 is 0 Å². The normalized spacial score (nSPS) is 24.3. The van der Waals surface area contributed by atoms with E-state index in [1.807, 2.05) is 6.92 Å². The highest BCUT2D eigenvalue weighted by molar-refractivity contribution is 7.89. The molecule has 2 N–H and O–H groups in total. The molecule has 3 aliphatic rings. The number of nitrogens with one attached hydrogen (secondary N) is 2. The Hall–Kier alpha value is -2.96. The molecule has 4 heterocycles. The number of rotatable bonds is 3. The number of hydrogen-bond acceptors (Lipinski definition) is 6. The summed E-state index contributed by atoms with van der Waals surface area (Å²) in [6, 6.07) is 3.64. The summed E-state index contributed by atoms with van der Waals surface area (Å²) < 4.78 is 55.4.